The van der Waals surface area contributed by atoms with Gasteiger partial charge < -0.3 is 4.90 Å². The highest BCUT2D eigenvalue weighted by molar-refractivity contribution is 5.66. The van der Waals surface area contributed by atoms with Gasteiger partial charge in [-0.25, -0.2) is 0 Å². The van der Waals surface area contributed by atoms with E-state index in [2.05, 4.69) is 57.5 Å². The summed E-state index contributed by atoms with van der Waals surface area (Å²) in [5.41, 5.74) is 4.36. The molecule has 1 heterocycles. The van der Waals surface area contributed by atoms with Gasteiger partial charge >= 0.3 is 0 Å². The lowest BCUT2D eigenvalue weighted by atomic mass is 9.84. The SMILES string of the molecule is CC1=C(C)C(C)C2N=CN(C(C)(C)C)C2=C1. The van der Waals surface area contributed by atoms with Crippen LogP contribution in [0.4, 0.5) is 0 Å². The first-order chi connectivity index (χ1) is 7.32. The van der Waals surface area contributed by atoms with E-state index in [9.17, 15) is 0 Å². The third-order valence-electron chi connectivity index (χ3n) is 3.79. The highest BCUT2D eigenvalue weighted by atomic mass is 15.3. The maximum Gasteiger partial charge on any atom is 0.0980 e. The predicted molar refractivity (Wildman–Crippen MR) is 69.5 cm³/mol. The molecule has 0 N–H and O–H groups in total. The summed E-state index contributed by atoms with van der Waals surface area (Å²) in [5, 5.41) is 0. The Hall–Kier alpha value is -1.05. The van der Waals surface area contributed by atoms with E-state index in [1.807, 2.05) is 6.34 Å². The molecule has 88 valence electrons. The number of allylic oxidation sites excluding steroid dienone is 2. The highest BCUT2D eigenvalue weighted by Gasteiger charge is 2.37. The second kappa shape index (κ2) is 3.47. The van der Waals surface area contributed by atoms with Crippen molar-refractivity contribution in [2.45, 2.75) is 53.1 Å². The van der Waals surface area contributed by atoms with Crippen LogP contribution in [-0.4, -0.2) is 22.8 Å². The van der Waals surface area contributed by atoms with Crippen LogP contribution >= 0.6 is 0 Å². The van der Waals surface area contributed by atoms with Gasteiger partial charge in [-0.3, -0.25) is 4.99 Å². The van der Waals surface area contributed by atoms with Gasteiger partial charge in [0.25, 0.3) is 0 Å². The minimum atomic E-state index is 0.120. The van der Waals surface area contributed by atoms with Crippen LogP contribution in [0.25, 0.3) is 0 Å². The molecule has 16 heavy (non-hydrogen) atoms. The van der Waals surface area contributed by atoms with Gasteiger partial charge in [-0.2, -0.15) is 0 Å². The molecular formula is C14H22N2. The van der Waals surface area contributed by atoms with Crippen molar-refractivity contribution in [2.75, 3.05) is 0 Å². The van der Waals surface area contributed by atoms with Crippen LogP contribution in [0.1, 0.15) is 41.5 Å². The molecule has 0 aromatic heterocycles. The van der Waals surface area contributed by atoms with Crippen LogP contribution in [0.5, 0.6) is 0 Å². The van der Waals surface area contributed by atoms with Crippen molar-refractivity contribution in [1.29, 1.82) is 0 Å². The van der Waals surface area contributed by atoms with Gasteiger partial charge in [0.05, 0.1) is 12.4 Å². The van der Waals surface area contributed by atoms with Crippen molar-refractivity contribution in [3.63, 3.8) is 0 Å². The van der Waals surface area contributed by atoms with Crippen LogP contribution in [0.2, 0.25) is 0 Å². The normalized spacial score (nSPS) is 29.6. The number of hydrogen-bond acceptors (Lipinski definition) is 2. The average molecular weight is 218 g/mol. The topological polar surface area (TPSA) is 15.6 Å². The van der Waals surface area contributed by atoms with E-state index in [1.54, 1.807) is 0 Å². The number of fused-ring (bicyclic) bond motifs is 1. The second-order valence-electron chi connectivity index (χ2n) is 5.97. The maximum atomic E-state index is 4.67. The molecule has 2 nitrogen and oxygen atoms in total. The van der Waals surface area contributed by atoms with E-state index in [0.717, 1.165) is 0 Å². The molecule has 2 rings (SSSR count). The van der Waals surface area contributed by atoms with Crippen molar-refractivity contribution >= 4 is 6.34 Å². The summed E-state index contributed by atoms with van der Waals surface area (Å²) in [6, 6.07) is 0.336. The first-order valence-corrected chi connectivity index (χ1v) is 6.04. The fraction of sp³-hybridized carbons (Fsp3) is 0.643. The van der Waals surface area contributed by atoms with E-state index in [-0.39, 0.29) is 5.54 Å². The van der Waals surface area contributed by atoms with Crippen LogP contribution < -0.4 is 0 Å². The van der Waals surface area contributed by atoms with Crippen LogP contribution in [-0.2, 0) is 0 Å². The lowest BCUT2D eigenvalue weighted by molar-refractivity contribution is 0.290. The maximum absolute atomic E-state index is 4.67. The van der Waals surface area contributed by atoms with Gasteiger partial charge in [-0.05, 0) is 40.7 Å². The third kappa shape index (κ3) is 1.60. The summed E-state index contributed by atoms with van der Waals surface area (Å²) in [7, 11) is 0. The average Bonchev–Trinajstić information content (AvgIpc) is 2.57. The van der Waals surface area contributed by atoms with Crippen LogP contribution in [0, 0.1) is 5.92 Å². The molecule has 1 aliphatic carbocycles. The Kier molecular flexibility index (Phi) is 2.48. The molecule has 0 amide bonds. The molecule has 0 aromatic carbocycles. The van der Waals surface area contributed by atoms with Crippen molar-refractivity contribution in [3.8, 4) is 0 Å². The Balaban J connectivity index is 2.42. The van der Waals surface area contributed by atoms with E-state index in [0.29, 0.717) is 12.0 Å². The molecular weight excluding hydrogens is 196 g/mol. The minimum absolute atomic E-state index is 0.120. The number of rotatable bonds is 0. The molecule has 0 saturated heterocycles. The van der Waals surface area contributed by atoms with E-state index in [1.165, 1.54) is 16.8 Å². The molecule has 0 spiro atoms. The fourth-order valence-corrected chi connectivity index (χ4v) is 2.46. The van der Waals surface area contributed by atoms with Crippen molar-refractivity contribution < 1.29 is 0 Å². The smallest absolute Gasteiger partial charge is 0.0980 e. The van der Waals surface area contributed by atoms with Gasteiger partial charge in [0.2, 0.25) is 0 Å². The van der Waals surface area contributed by atoms with E-state index >= 15 is 0 Å². The zero-order valence-electron chi connectivity index (χ0n) is 11.2. The second-order valence-corrected chi connectivity index (χ2v) is 5.97. The molecule has 1 aliphatic heterocycles. The van der Waals surface area contributed by atoms with Crippen LogP contribution in [0.15, 0.2) is 27.9 Å². The Morgan fingerprint density at radius 2 is 1.88 bits per heavy atom. The van der Waals surface area contributed by atoms with Crippen molar-refractivity contribution in [2.24, 2.45) is 10.9 Å². The summed E-state index contributed by atoms with van der Waals surface area (Å²) in [6.07, 6.45) is 4.32. The summed E-state index contributed by atoms with van der Waals surface area (Å²) in [4.78, 5) is 6.98. The molecule has 0 aromatic rings. The molecule has 0 radical (unpaired) electrons. The number of aliphatic imine (C=N–C) groups is 1. The quantitative estimate of drug-likeness (QED) is 0.608. The highest BCUT2D eigenvalue weighted by Crippen LogP contribution is 2.38. The molecule has 2 aliphatic rings. The van der Waals surface area contributed by atoms with Gasteiger partial charge in [-0.15, -0.1) is 0 Å². The lowest BCUT2D eigenvalue weighted by Gasteiger charge is -2.36. The Morgan fingerprint density at radius 1 is 1.25 bits per heavy atom. The van der Waals surface area contributed by atoms with E-state index in [4.69, 9.17) is 0 Å². The largest absolute Gasteiger partial charge is 0.329 e. The zero-order chi connectivity index (χ0) is 12.1. The summed E-state index contributed by atoms with van der Waals surface area (Å²) in [6.45, 7) is 13.4. The minimum Gasteiger partial charge on any atom is -0.329 e. The van der Waals surface area contributed by atoms with Gasteiger partial charge in [-0.1, -0.05) is 18.1 Å². The zero-order valence-corrected chi connectivity index (χ0v) is 11.2. The van der Waals surface area contributed by atoms with Crippen LogP contribution in [0.3, 0.4) is 0 Å². The van der Waals surface area contributed by atoms with Gasteiger partial charge in [0.15, 0.2) is 0 Å². The summed E-state index contributed by atoms with van der Waals surface area (Å²) < 4.78 is 0. The Morgan fingerprint density at radius 3 is 2.44 bits per heavy atom. The third-order valence-corrected chi connectivity index (χ3v) is 3.79. The van der Waals surface area contributed by atoms with Gasteiger partial charge in [0, 0.05) is 17.2 Å². The first-order valence-electron chi connectivity index (χ1n) is 6.04. The van der Waals surface area contributed by atoms with Crippen molar-refractivity contribution in [1.82, 2.24) is 4.90 Å². The molecule has 2 unspecified atom stereocenters. The molecule has 0 bridgehead atoms. The summed E-state index contributed by atoms with van der Waals surface area (Å²) in [5.74, 6) is 0.531. The summed E-state index contributed by atoms with van der Waals surface area (Å²) >= 11 is 0. The monoisotopic (exact) mass is 218 g/mol. The first kappa shape index (κ1) is 11.4. The van der Waals surface area contributed by atoms with Crippen molar-refractivity contribution in [3.05, 3.63) is 22.9 Å². The lowest BCUT2D eigenvalue weighted by Crippen LogP contribution is -2.40. The Bertz CT molecular complexity index is 393. The standard InChI is InChI=1S/C14H22N2/c1-9-7-12-13(11(3)10(9)2)15-8-16(12)14(4,5)6/h7-8,11,13H,1-6H3. The fourth-order valence-electron chi connectivity index (χ4n) is 2.46. The Labute approximate surface area is 98.7 Å². The molecule has 2 heteroatoms. The van der Waals surface area contributed by atoms with Gasteiger partial charge in [0.1, 0.15) is 0 Å². The molecule has 0 fully saturated rings. The molecule has 2 atom stereocenters. The number of hydrogen-bond donors (Lipinski definition) is 0. The van der Waals surface area contributed by atoms with E-state index < -0.39 is 0 Å². The molecule has 0 saturated carbocycles. The number of nitrogens with zero attached hydrogens (tertiary/aromatic N) is 2. The predicted octanol–water partition coefficient (Wildman–Crippen LogP) is 3.37.